The third-order valence-corrected chi connectivity index (χ3v) is 1.18. The van der Waals surface area contributed by atoms with Gasteiger partial charge in [0.2, 0.25) is 0 Å². The van der Waals surface area contributed by atoms with Gasteiger partial charge in [-0.25, -0.2) is 0 Å². The molecular formula is C8H8N2. The molecule has 0 spiro atoms. The highest BCUT2D eigenvalue weighted by Crippen LogP contribution is 2.05. The van der Waals surface area contributed by atoms with E-state index in [9.17, 15) is 0 Å². The molecule has 2 nitrogen and oxygen atoms in total. The van der Waals surface area contributed by atoms with Crippen molar-refractivity contribution in [3.63, 3.8) is 0 Å². The number of hydrogen-bond donors (Lipinski definition) is 0. The minimum atomic E-state index is 0.837. The van der Waals surface area contributed by atoms with Crippen molar-refractivity contribution in [3.8, 4) is 12.1 Å². The molecule has 0 rings (SSSR count). The second-order valence-electron chi connectivity index (χ2n) is 1.91. The van der Waals surface area contributed by atoms with Crippen LogP contribution in [0, 0.1) is 22.7 Å². The Morgan fingerprint density at radius 3 is 1.50 bits per heavy atom. The van der Waals surface area contributed by atoms with Gasteiger partial charge in [-0.1, -0.05) is 0 Å². The maximum Gasteiger partial charge on any atom is 0.0914 e. The number of nitriles is 2. The van der Waals surface area contributed by atoms with E-state index in [1.165, 1.54) is 12.2 Å². The molecule has 0 fully saturated rings. The normalized spacial score (nSPS) is 12.0. The average molecular weight is 132 g/mol. The van der Waals surface area contributed by atoms with Crippen LogP contribution in [-0.4, -0.2) is 0 Å². The predicted octanol–water partition coefficient (Wildman–Crippen LogP) is 1.93. The zero-order valence-electron chi connectivity index (χ0n) is 6.05. The monoisotopic (exact) mass is 132 g/mol. The number of nitrogens with zero attached hydrogens (tertiary/aromatic N) is 2. The van der Waals surface area contributed by atoms with Gasteiger partial charge in [0.1, 0.15) is 0 Å². The molecule has 2 heteroatoms. The molecule has 10 heavy (non-hydrogen) atoms. The standard InChI is InChI=1S/C8H8N2/c1-7(3-5-9)8(2)4-6-10/h3-4H,1-2H3/b7-3-,8-4-. The van der Waals surface area contributed by atoms with Crippen molar-refractivity contribution >= 4 is 0 Å². The lowest BCUT2D eigenvalue weighted by Gasteiger charge is -1.92. The zero-order valence-corrected chi connectivity index (χ0v) is 6.05. The van der Waals surface area contributed by atoms with E-state index in [1.807, 2.05) is 12.1 Å². The minimum Gasteiger partial charge on any atom is -0.193 e. The van der Waals surface area contributed by atoms with E-state index in [1.54, 1.807) is 13.8 Å². The third-order valence-electron chi connectivity index (χ3n) is 1.18. The van der Waals surface area contributed by atoms with Crippen LogP contribution >= 0.6 is 0 Å². The Morgan fingerprint density at radius 1 is 1.00 bits per heavy atom. The Labute approximate surface area is 60.7 Å². The van der Waals surface area contributed by atoms with Gasteiger partial charge in [0.25, 0.3) is 0 Å². The molecular weight excluding hydrogens is 124 g/mol. The van der Waals surface area contributed by atoms with Gasteiger partial charge >= 0.3 is 0 Å². The van der Waals surface area contributed by atoms with E-state index in [0.717, 1.165) is 11.1 Å². The topological polar surface area (TPSA) is 47.6 Å². The SMILES string of the molecule is CC(=C/C#N)/C(C)=C\C#N. The van der Waals surface area contributed by atoms with Crippen LogP contribution < -0.4 is 0 Å². The number of hydrogen-bond acceptors (Lipinski definition) is 2. The van der Waals surface area contributed by atoms with Gasteiger partial charge in [0.15, 0.2) is 0 Å². The predicted molar refractivity (Wildman–Crippen MR) is 38.7 cm³/mol. The summed E-state index contributed by atoms with van der Waals surface area (Å²) in [5.41, 5.74) is 1.67. The Morgan fingerprint density at radius 2 is 1.30 bits per heavy atom. The first-order valence-corrected chi connectivity index (χ1v) is 2.85. The molecule has 0 saturated heterocycles. The van der Waals surface area contributed by atoms with E-state index in [4.69, 9.17) is 10.5 Å². The van der Waals surface area contributed by atoms with Gasteiger partial charge in [0.05, 0.1) is 12.1 Å². The molecule has 0 aliphatic rings. The van der Waals surface area contributed by atoms with Gasteiger partial charge in [-0.05, 0) is 25.0 Å². The molecule has 0 aliphatic carbocycles. The molecule has 0 aliphatic heterocycles. The van der Waals surface area contributed by atoms with E-state index in [0.29, 0.717) is 0 Å². The van der Waals surface area contributed by atoms with Gasteiger partial charge in [-0.2, -0.15) is 10.5 Å². The highest BCUT2D eigenvalue weighted by molar-refractivity contribution is 5.34. The first-order valence-electron chi connectivity index (χ1n) is 2.85. The molecule has 0 N–H and O–H groups in total. The minimum absolute atomic E-state index is 0.837. The molecule has 0 heterocycles. The Balaban J connectivity index is 4.43. The third kappa shape index (κ3) is 2.69. The number of allylic oxidation sites excluding steroid dienone is 4. The van der Waals surface area contributed by atoms with E-state index in [2.05, 4.69) is 0 Å². The van der Waals surface area contributed by atoms with Crippen LogP contribution in [-0.2, 0) is 0 Å². The van der Waals surface area contributed by atoms with Crippen LogP contribution in [0.2, 0.25) is 0 Å². The van der Waals surface area contributed by atoms with Crippen LogP contribution in [0.25, 0.3) is 0 Å². The highest BCUT2D eigenvalue weighted by atomic mass is 14.2. The van der Waals surface area contributed by atoms with E-state index in [-0.39, 0.29) is 0 Å². The van der Waals surface area contributed by atoms with Gasteiger partial charge < -0.3 is 0 Å². The van der Waals surface area contributed by atoms with Crippen molar-refractivity contribution in [1.29, 1.82) is 10.5 Å². The maximum atomic E-state index is 8.22. The summed E-state index contributed by atoms with van der Waals surface area (Å²) in [6, 6.07) is 3.79. The maximum absolute atomic E-state index is 8.22. The van der Waals surface area contributed by atoms with Gasteiger partial charge in [-0.15, -0.1) is 0 Å². The second kappa shape index (κ2) is 4.35. The Hall–Kier alpha value is -1.54. The van der Waals surface area contributed by atoms with Crippen LogP contribution in [0.3, 0.4) is 0 Å². The van der Waals surface area contributed by atoms with Crippen molar-refractivity contribution in [2.75, 3.05) is 0 Å². The molecule has 0 radical (unpaired) electrons. The fraction of sp³-hybridized carbons (Fsp3) is 0.250. The van der Waals surface area contributed by atoms with Crippen molar-refractivity contribution in [1.82, 2.24) is 0 Å². The Bertz CT molecular complexity index is 217. The highest BCUT2D eigenvalue weighted by Gasteiger charge is 1.89. The van der Waals surface area contributed by atoms with Crippen LogP contribution in [0.15, 0.2) is 23.3 Å². The number of rotatable bonds is 1. The summed E-state index contributed by atoms with van der Waals surface area (Å²) in [7, 11) is 0. The molecule has 0 aromatic rings. The first-order chi connectivity index (χ1) is 4.72. The van der Waals surface area contributed by atoms with Gasteiger partial charge in [0, 0.05) is 12.2 Å². The molecule has 0 unspecified atom stereocenters. The largest absolute Gasteiger partial charge is 0.193 e. The molecule has 0 saturated carbocycles. The summed E-state index contributed by atoms with van der Waals surface area (Å²) < 4.78 is 0. The Kier molecular flexibility index (Phi) is 3.68. The lowest BCUT2D eigenvalue weighted by molar-refractivity contribution is 1.34. The van der Waals surface area contributed by atoms with Crippen LogP contribution in [0.1, 0.15) is 13.8 Å². The zero-order chi connectivity index (χ0) is 7.98. The molecule has 0 amide bonds. The summed E-state index contributed by atoms with van der Waals surface area (Å²) in [4.78, 5) is 0. The summed E-state index contributed by atoms with van der Waals surface area (Å²) in [6.07, 6.45) is 2.84. The van der Waals surface area contributed by atoms with Crippen LogP contribution in [0.5, 0.6) is 0 Å². The molecule has 0 bridgehead atoms. The molecule has 0 aromatic heterocycles. The summed E-state index contributed by atoms with van der Waals surface area (Å²) >= 11 is 0. The van der Waals surface area contributed by atoms with Crippen molar-refractivity contribution in [2.45, 2.75) is 13.8 Å². The van der Waals surface area contributed by atoms with Crippen molar-refractivity contribution < 1.29 is 0 Å². The van der Waals surface area contributed by atoms with Crippen molar-refractivity contribution in [3.05, 3.63) is 23.3 Å². The van der Waals surface area contributed by atoms with E-state index >= 15 is 0 Å². The lowest BCUT2D eigenvalue weighted by Crippen LogP contribution is -1.76. The first kappa shape index (κ1) is 8.46. The second-order valence-corrected chi connectivity index (χ2v) is 1.91. The molecule has 0 aromatic carbocycles. The molecule has 50 valence electrons. The molecule has 0 atom stereocenters. The quantitative estimate of drug-likeness (QED) is 0.404. The fourth-order valence-corrected chi connectivity index (χ4v) is 0.421. The smallest absolute Gasteiger partial charge is 0.0914 e. The summed E-state index contributed by atoms with van der Waals surface area (Å²) in [5, 5.41) is 16.4. The van der Waals surface area contributed by atoms with Crippen LogP contribution in [0.4, 0.5) is 0 Å². The van der Waals surface area contributed by atoms with E-state index < -0.39 is 0 Å². The average Bonchev–Trinajstić information content (AvgIpc) is 1.89. The van der Waals surface area contributed by atoms with Gasteiger partial charge in [-0.3, -0.25) is 0 Å². The van der Waals surface area contributed by atoms with Crippen molar-refractivity contribution in [2.24, 2.45) is 0 Å². The summed E-state index contributed by atoms with van der Waals surface area (Å²) in [6.45, 7) is 3.60. The lowest BCUT2D eigenvalue weighted by atomic mass is 10.1. The fourth-order valence-electron chi connectivity index (χ4n) is 0.421. The summed E-state index contributed by atoms with van der Waals surface area (Å²) in [5.74, 6) is 0.